The van der Waals surface area contributed by atoms with Crippen LogP contribution in [0, 0.1) is 0 Å². The molecule has 8 nitrogen and oxygen atoms in total. The normalized spacial score (nSPS) is 12.1. The number of halogens is 6. The van der Waals surface area contributed by atoms with Crippen molar-refractivity contribution >= 4 is 22.4 Å². The number of nitrogens with zero attached hydrogens (tertiary/aromatic N) is 3. The highest BCUT2D eigenvalue weighted by molar-refractivity contribution is 6.05. The largest absolute Gasteiger partial charge is 0.478 e. The fourth-order valence-electron chi connectivity index (χ4n) is 3.50. The molecule has 0 saturated heterocycles. The number of carbonyl (C=O) groups is 1. The molecule has 3 heterocycles. The van der Waals surface area contributed by atoms with Crippen LogP contribution >= 0.6 is 0 Å². The van der Waals surface area contributed by atoms with Gasteiger partial charge in [0, 0.05) is 28.7 Å². The van der Waals surface area contributed by atoms with E-state index in [-0.39, 0.29) is 23.1 Å². The van der Waals surface area contributed by atoms with Crippen LogP contribution in [-0.4, -0.2) is 32.3 Å². The molecule has 0 radical (unpaired) electrons. The number of fused-ring (bicyclic) bond motifs is 1. The van der Waals surface area contributed by atoms with Gasteiger partial charge >= 0.3 is 12.4 Å². The summed E-state index contributed by atoms with van der Waals surface area (Å²) in [6, 6.07) is 6.82. The molecular weight excluding hydrogens is 496 g/mol. The number of nitrogens with one attached hydrogen (secondary N) is 2. The monoisotopic (exact) mass is 511 g/mol. The molecule has 1 aromatic carbocycles. The first-order chi connectivity index (χ1) is 16.9. The van der Waals surface area contributed by atoms with Crippen LogP contribution in [0.1, 0.15) is 28.7 Å². The molecule has 0 fully saturated rings. The number of amides is 1. The van der Waals surface area contributed by atoms with Gasteiger partial charge in [-0.15, -0.1) is 0 Å². The quantitative estimate of drug-likeness (QED) is 0.375. The predicted octanol–water partition coefficient (Wildman–Crippen LogP) is 4.80. The standard InChI is InChI=1S/C22H15F6N5O3/c1-2-36-17-9-11(8-16(32-17)21(23,24)25)31-20(35)14-10-30-33(18(14)22(26,27)28)15-5-3-4-13-12(15)6-7-29-19(13)34/h3-10H,2H2,1H3,(H,29,34)(H,31,32,35). The van der Waals surface area contributed by atoms with Crippen LogP contribution in [0.5, 0.6) is 5.88 Å². The molecule has 0 aliphatic heterocycles. The molecule has 4 rings (SSSR count). The molecule has 188 valence electrons. The number of alkyl halides is 6. The molecule has 0 unspecified atom stereocenters. The molecule has 36 heavy (non-hydrogen) atoms. The molecule has 0 atom stereocenters. The maximum absolute atomic E-state index is 14.1. The molecular formula is C22H15F6N5O3. The van der Waals surface area contributed by atoms with Crippen LogP contribution in [-0.2, 0) is 12.4 Å². The number of hydrogen-bond donors (Lipinski definition) is 2. The maximum Gasteiger partial charge on any atom is 0.434 e. The minimum absolute atomic E-state index is 0.0411. The number of hydrogen-bond acceptors (Lipinski definition) is 5. The SMILES string of the molecule is CCOc1cc(NC(=O)c2cnn(-c3cccc4c(=O)[nH]ccc34)c2C(F)(F)F)cc(C(F)(F)F)n1. The van der Waals surface area contributed by atoms with Gasteiger partial charge in [0.05, 0.1) is 24.1 Å². The number of pyridine rings is 2. The Labute approximate surface area is 197 Å². The summed E-state index contributed by atoms with van der Waals surface area (Å²) in [5, 5.41) is 5.95. The molecule has 1 amide bonds. The van der Waals surface area contributed by atoms with Crippen LogP contribution < -0.4 is 15.6 Å². The zero-order chi connectivity index (χ0) is 26.3. The van der Waals surface area contributed by atoms with Gasteiger partial charge in [0.15, 0.2) is 11.4 Å². The van der Waals surface area contributed by atoms with Crippen molar-refractivity contribution in [1.29, 1.82) is 0 Å². The molecule has 2 N–H and O–H groups in total. The van der Waals surface area contributed by atoms with E-state index < -0.39 is 52.3 Å². The second-order valence-corrected chi connectivity index (χ2v) is 7.33. The smallest absolute Gasteiger partial charge is 0.434 e. The first-order valence-electron chi connectivity index (χ1n) is 10.2. The van der Waals surface area contributed by atoms with E-state index in [9.17, 15) is 35.9 Å². The minimum atomic E-state index is -5.10. The summed E-state index contributed by atoms with van der Waals surface area (Å²) in [5.74, 6) is -1.84. The fourth-order valence-corrected chi connectivity index (χ4v) is 3.50. The number of H-pyrrole nitrogens is 1. The third kappa shape index (κ3) is 4.74. The van der Waals surface area contributed by atoms with Gasteiger partial charge in [-0.1, -0.05) is 6.07 Å². The van der Waals surface area contributed by atoms with E-state index in [1.807, 2.05) is 5.32 Å². The third-order valence-electron chi connectivity index (χ3n) is 4.95. The van der Waals surface area contributed by atoms with Crippen molar-refractivity contribution in [2.45, 2.75) is 19.3 Å². The highest BCUT2D eigenvalue weighted by atomic mass is 19.4. The Hall–Kier alpha value is -4.36. The lowest BCUT2D eigenvalue weighted by atomic mass is 10.1. The van der Waals surface area contributed by atoms with E-state index in [2.05, 4.69) is 15.1 Å². The zero-order valence-corrected chi connectivity index (χ0v) is 18.2. The summed E-state index contributed by atoms with van der Waals surface area (Å²) in [5.41, 5.74) is -5.00. The van der Waals surface area contributed by atoms with E-state index in [0.717, 1.165) is 6.07 Å². The van der Waals surface area contributed by atoms with Crippen LogP contribution in [0.4, 0.5) is 32.0 Å². The van der Waals surface area contributed by atoms with Crippen molar-refractivity contribution in [2.24, 2.45) is 0 Å². The fraction of sp³-hybridized carbons (Fsp3) is 0.182. The lowest BCUT2D eigenvalue weighted by Gasteiger charge is -2.15. The highest BCUT2D eigenvalue weighted by Gasteiger charge is 2.41. The van der Waals surface area contributed by atoms with E-state index in [1.165, 1.54) is 37.4 Å². The van der Waals surface area contributed by atoms with Gasteiger partial charge < -0.3 is 15.0 Å². The zero-order valence-electron chi connectivity index (χ0n) is 18.2. The number of rotatable bonds is 5. The number of carbonyl (C=O) groups excluding carboxylic acids is 1. The highest BCUT2D eigenvalue weighted by Crippen LogP contribution is 2.36. The molecule has 0 spiro atoms. The second kappa shape index (κ2) is 9.02. The number of aromatic nitrogens is 4. The summed E-state index contributed by atoms with van der Waals surface area (Å²) in [6.45, 7) is 1.45. The third-order valence-corrected chi connectivity index (χ3v) is 4.95. The summed E-state index contributed by atoms with van der Waals surface area (Å²) >= 11 is 0. The van der Waals surface area contributed by atoms with Crippen molar-refractivity contribution in [3.8, 4) is 11.6 Å². The maximum atomic E-state index is 14.1. The molecule has 0 aliphatic carbocycles. The Morgan fingerprint density at radius 3 is 2.50 bits per heavy atom. The van der Waals surface area contributed by atoms with E-state index in [0.29, 0.717) is 16.9 Å². The Morgan fingerprint density at radius 2 is 1.83 bits per heavy atom. The van der Waals surface area contributed by atoms with Crippen molar-refractivity contribution in [3.63, 3.8) is 0 Å². The number of benzene rings is 1. The first-order valence-corrected chi connectivity index (χ1v) is 10.2. The Morgan fingerprint density at radius 1 is 1.08 bits per heavy atom. The summed E-state index contributed by atoms with van der Waals surface area (Å²) < 4.78 is 87.3. The molecule has 14 heteroatoms. The lowest BCUT2D eigenvalue weighted by Crippen LogP contribution is -2.21. The summed E-state index contributed by atoms with van der Waals surface area (Å²) in [4.78, 5) is 30.6. The second-order valence-electron chi connectivity index (χ2n) is 7.33. The van der Waals surface area contributed by atoms with Gasteiger partial charge in [-0.25, -0.2) is 9.67 Å². The van der Waals surface area contributed by atoms with Gasteiger partial charge in [0.1, 0.15) is 0 Å². The van der Waals surface area contributed by atoms with Gasteiger partial charge in [0.2, 0.25) is 5.88 Å². The van der Waals surface area contributed by atoms with E-state index in [4.69, 9.17) is 4.74 Å². The van der Waals surface area contributed by atoms with Crippen LogP contribution in [0.15, 0.2) is 53.6 Å². The minimum Gasteiger partial charge on any atom is -0.478 e. The summed E-state index contributed by atoms with van der Waals surface area (Å²) in [7, 11) is 0. The molecule has 4 aromatic rings. The summed E-state index contributed by atoms with van der Waals surface area (Å²) in [6.07, 6.45) is -8.12. The first kappa shape index (κ1) is 24.8. The van der Waals surface area contributed by atoms with Gasteiger partial charge in [-0.2, -0.15) is 31.4 Å². The molecule has 3 aromatic heterocycles. The van der Waals surface area contributed by atoms with Gasteiger partial charge in [0.25, 0.3) is 11.5 Å². The van der Waals surface area contributed by atoms with Crippen LogP contribution in [0.25, 0.3) is 16.5 Å². The van der Waals surface area contributed by atoms with Gasteiger partial charge in [-0.05, 0) is 31.2 Å². The number of ether oxygens (including phenoxy) is 1. The molecule has 0 saturated carbocycles. The Kier molecular flexibility index (Phi) is 6.20. The van der Waals surface area contributed by atoms with Crippen LogP contribution in [0.3, 0.4) is 0 Å². The van der Waals surface area contributed by atoms with Crippen molar-refractivity contribution in [2.75, 3.05) is 11.9 Å². The predicted molar refractivity (Wildman–Crippen MR) is 115 cm³/mol. The van der Waals surface area contributed by atoms with Crippen molar-refractivity contribution < 1.29 is 35.9 Å². The van der Waals surface area contributed by atoms with Crippen molar-refractivity contribution in [1.82, 2.24) is 19.7 Å². The number of aromatic amines is 1. The molecule has 0 aliphatic rings. The average Bonchev–Trinajstić information content (AvgIpc) is 3.24. The Bertz CT molecular complexity index is 1510. The van der Waals surface area contributed by atoms with Crippen LogP contribution in [0.2, 0.25) is 0 Å². The Balaban J connectivity index is 1.81. The molecule has 0 bridgehead atoms. The number of anilines is 1. The topological polar surface area (TPSA) is 102 Å². The van der Waals surface area contributed by atoms with Crippen molar-refractivity contribution in [3.05, 3.63) is 76.1 Å². The average molecular weight is 511 g/mol. The van der Waals surface area contributed by atoms with Gasteiger partial charge in [-0.3, -0.25) is 9.59 Å². The van der Waals surface area contributed by atoms with E-state index in [1.54, 1.807) is 0 Å². The van der Waals surface area contributed by atoms with E-state index >= 15 is 0 Å². The lowest BCUT2D eigenvalue weighted by molar-refractivity contribution is -0.143.